The summed E-state index contributed by atoms with van der Waals surface area (Å²) in [5, 5.41) is 0. The number of unbranched alkanes of at least 4 members (excludes halogenated alkanes) is 10. The van der Waals surface area contributed by atoms with Crippen LogP contribution in [-0.2, 0) is 16.0 Å². The lowest BCUT2D eigenvalue weighted by Gasteiger charge is -2.17. The van der Waals surface area contributed by atoms with Crippen molar-refractivity contribution in [3.05, 3.63) is 47.8 Å². The number of hydrogen-bond donors (Lipinski definition) is 0. The maximum atomic E-state index is 12.6. The fourth-order valence-electron chi connectivity index (χ4n) is 4.37. The first-order valence-electron chi connectivity index (χ1n) is 14.2. The number of carbonyl (C=O) groups is 1. The van der Waals surface area contributed by atoms with E-state index in [2.05, 4.69) is 23.8 Å². The molecule has 1 heterocycles. The summed E-state index contributed by atoms with van der Waals surface area (Å²) in [5.74, 6) is 0.298. The summed E-state index contributed by atoms with van der Waals surface area (Å²) in [4.78, 5) is 21.7. The molecule has 0 aliphatic heterocycles. The Morgan fingerprint density at radius 2 is 1.31 bits per heavy atom. The van der Waals surface area contributed by atoms with Gasteiger partial charge in [0.2, 0.25) is 0 Å². The quantitative estimate of drug-likeness (QED) is 0.158. The van der Waals surface area contributed by atoms with Crippen molar-refractivity contribution >= 4 is 5.97 Å². The first-order chi connectivity index (χ1) is 17.0. The van der Waals surface area contributed by atoms with E-state index in [0.717, 1.165) is 36.2 Å². The molecule has 0 spiro atoms. The predicted octanol–water partition coefficient (Wildman–Crippen LogP) is 8.83. The van der Waals surface area contributed by atoms with E-state index in [1.807, 2.05) is 50.5 Å². The summed E-state index contributed by atoms with van der Waals surface area (Å²) < 4.78 is 5.68. The lowest BCUT2D eigenvalue weighted by molar-refractivity contribution is -0.150. The molecule has 0 aliphatic rings. The van der Waals surface area contributed by atoms with E-state index in [1.54, 1.807) is 0 Å². The molecule has 0 fully saturated rings. The number of benzene rings is 1. The monoisotopic (exact) mass is 480 g/mol. The summed E-state index contributed by atoms with van der Waals surface area (Å²) in [6, 6.07) is 7.98. The van der Waals surface area contributed by atoms with Gasteiger partial charge in [-0.25, -0.2) is 9.97 Å². The summed E-state index contributed by atoms with van der Waals surface area (Å²) >= 11 is 0. The zero-order chi connectivity index (χ0) is 25.3. The Kier molecular flexibility index (Phi) is 14.3. The lowest BCUT2D eigenvalue weighted by atomic mass is 9.99. The van der Waals surface area contributed by atoms with Crippen LogP contribution in [-0.4, -0.2) is 22.0 Å². The summed E-state index contributed by atoms with van der Waals surface area (Å²) in [6.45, 7) is 8.38. The Balaban J connectivity index is 1.76. The topological polar surface area (TPSA) is 52.1 Å². The fraction of sp³-hybridized carbons (Fsp3) is 0.645. The molecule has 1 unspecified atom stereocenters. The molecule has 35 heavy (non-hydrogen) atoms. The van der Waals surface area contributed by atoms with Gasteiger partial charge in [-0.1, -0.05) is 102 Å². The lowest BCUT2D eigenvalue weighted by Crippen LogP contribution is -2.19. The Hall–Kier alpha value is -2.23. The van der Waals surface area contributed by atoms with Crippen LogP contribution >= 0.6 is 0 Å². The van der Waals surface area contributed by atoms with Crippen molar-refractivity contribution in [2.75, 3.05) is 0 Å². The molecule has 1 aromatic carbocycles. The van der Waals surface area contributed by atoms with E-state index >= 15 is 0 Å². The normalized spacial score (nSPS) is 12.9. The van der Waals surface area contributed by atoms with E-state index < -0.39 is 0 Å². The van der Waals surface area contributed by atoms with Gasteiger partial charge in [-0.05, 0) is 50.7 Å². The Labute approximate surface area is 214 Å². The number of ether oxygens (including phenoxy) is 1. The Morgan fingerprint density at radius 1 is 0.771 bits per heavy atom. The molecule has 0 saturated carbocycles. The number of aryl methyl sites for hydroxylation is 1. The maximum absolute atomic E-state index is 12.6. The molecule has 0 amide bonds. The van der Waals surface area contributed by atoms with Crippen molar-refractivity contribution in [3.63, 3.8) is 0 Å². The number of aromatic nitrogens is 2. The zero-order valence-corrected chi connectivity index (χ0v) is 22.7. The zero-order valence-electron chi connectivity index (χ0n) is 22.7. The second-order valence-electron chi connectivity index (χ2n) is 10.1. The van der Waals surface area contributed by atoms with E-state index in [-0.39, 0.29) is 18.0 Å². The molecule has 4 nitrogen and oxygen atoms in total. The molecular weight excluding hydrogens is 432 g/mol. The van der Waals surface area contributed by atoms with Gasteiger partial charge in [0.1, 0.15) is 0 Å². The van der Waals surface area contributed by atoms with Gasteiger partial charge >= 0.3 is 5.97 Å². The highest BCUT2D eigenvalue weighted by molar-refractivity contribution is 5.78. The van der Waals surface area contributed by atoms with Crippen LogP contribution in [0, 0.1) is 0 Å². The van der Waals surface area contributed by atoms with Crippen molar-refractivity contribution in [3.8, 4) is 11.4 Å². The van der Waals surface area contributed by atoms with Crippen molar-refractivity contribution < 1.29 is 9.53 Å². The SMILES string of the molecule is CCCCCCCCCCc1cnc(-c2ccc([C@@H](C)C(=O)OC(C)CCCCCC)cc2)nc1. The molecule has 1 aromatic heterocycles. The van der Waals surface area contributed by atoms with Gasteiger partial charge in [-0.15, -0.1) is 0 Å². The van der Waals surface area contributed by atoms with Crippen molar-refractivity contribution in [2.24, 2.45) is 0 Å². The first kappa shape index (κ1) is 29.0. The van der Waals surface area contributed by atoms with Crippen LogP contribution in [0.1, 0.15) is 128 Å². The van der Waals surface area contributed by atoms with Crippen LogP contribution in [0.3, 0.4) is 0 Å². The molecule has 2 atom stereocenters. The Bertz CT molecular complexity index is 817. The second kappa shape index (κ2) is 17.2. The second-order valence-corrected chi connectivity index (χ2v) is 10.1. The predicted molar refractivity (Wildman–Crippen MR) is 147 cm³/mol. The molecule has 0 saturated heterocycles. The summed E-state index contributed by atoms with van der Waals surface area (Å²) in [5.41, 5.74) is 3.14. The van der Waals surface area contributed by atoms with Crippen LogP contribution in [0.5, 0.6) is 0 Å². The standard InChI is InChI=1S/C31H48N2O2/c1-5-7-9-11-12-13-14-16-18-27-23-32-30(33-24-27)29-21-19-28(20-22-29)26(4)31(34)35-25(3)17-15-10-8-6-2/h19-26H,5-18H2,1-4H3/t25?,26-/m1/s1. The summed E-state index contributed by atoms with van der Waals surface area (Å²) in [7, 11) is 0. The first-order valence-corrected chi connectivity index (χ1v) is 14.2. The number of hydrogen-bond acceptors (Lipinski definition) is 4. The van der Waals surface area contributed by atoms with Crippen LogP contribution < -0.4 is 0 Å². The highest BCUT2D eigenvalue weighted by Crippen LogP contribution is 2.23. The Morgan fingerprint density at radius 3 is 1.91 bits per heavy atom. The molecule has 0 radical (unpaired) electrons. The van der Waals surface area contributed by atoms with Gasteiger partial charge in [0.05, 0.1) is 12.0 Å². The van der Waals surface area contributed by atoms with Gasteiger partial charge in [0.15, 0.2) is 5.82 Å². The largest absolute Gasteiger partial charge is 0.462 e. The third-order valence-electron chi connectivity index (χ3n) is 6.83. The van der Waals surface area contributed by atoms with E-state index in [1.165, 1.54) is 76.2 Å². The summed E-state index contributed by atoms with van der Waals surface area (Å²) in [6.07, 6.45) is 21.3. The minimum Gasteiger partial charge on any atom is -0.462 e. The molecule has 0 aliphatic carbocycles. The highest BCUT2D eigenvalue weighted by atomic mass is 16.5. The number of carbonyl (C=O) groups excluding carboxylic acids is 1. The highest BCUT2D eigenvalue weighted by Gasteiger charge is 2.19. The molecule has 2 rings (SSSR count). The molecular formula is C31H48N2O2. The number of esters is 1. The van der Waals surface area contributed by atoms with Crippen LogP contribution in [0.2, 0.25) is 0 Å². The molecule has 2 aromatic rings. The molecule has 4 heteroatoms. The average Bonchev–Trinajstić information content (AvgIpc) is 2.88. The third-order valence-corrected chi connectivity index (χ3v) is 6.83. The van der Waals surface area contributed by atoms with Crippen molar-refractivity contribution in [1.29, 1.82) is 0 Å². The average molecular weight is 481 g/mol. The third kappa shape index (κ3) is 11.4. The molecule has 0 bridgehead atoms. The van der Waals surface area contributed by atoms with Crippen molar-refractivity contribution in [1.82, 2.24) is 9.97 Å². The maximum Gasteiger partial charge on any atom is 0.313 e. The molecule has 0 N–H and O–H groups in total. The van der Waals surface area contributed by atoms with E-state index in [9.17, 15) is 4.79 Å². The minimum absolute atomic E-state index is 0.0289. The van der Waals surface area contributed by atoms with Gasteiger partial charge in [-0.2, -0.15) is 0 Å². The minimum atomic E-state index is -0.280. The van der Waals surface area contributed by atoms with Gasteiger partial charge in [0, 0.05) is 18.0 Å². The van der Waals surface area contributed by atoms with Gasteiger partial charge in [0.25, 0.3) is 0 Å². The van der Waals surface area contributed by atoms with Gasteiger partial charge < -0.3 is 4.74 Å². The molecule has 194 valence electrons. The van der Waals surface area contributed by atoms with E-state index in [4.69, 9.17) is 4.74 Å². The van der Waals surface area contributed by atoms with Crippen LogP contribution in [0.4, 0.5) is 0 Å². The van der Waals surface area contributed by atoms with Crippen LogP contribution in [0.25, 0.3) is 11.4 Å². The van der Waals surface area contributed by atoms with Gasteiger partial charge in [-0.3, -0.25) is 4.79 Å². The fourth-order valence-corrected chi connectivity index (χ4v) is 4.37. The smallest absolute Gasteiger partial charge is 0.313 e. The van der Waals surface area contributed by atoms with Crippen molar-refractivity contribution in [2.45, 2.75) is 130 Å². The van der Waals surface area contributed by atoms with Crippen LogP contribution in [0.15, 0.2) is 36.7 Å². The van der Waals surface area contributed by atoms with E-state index in [0.29, 0.717) is 0 Å². The number of nitrogens with zero attached hydrogens (tertiary/aromatic N) is 2. The number of rotatable bonds is 18.